The van der Waals surface area contributed by atoms with E-state index in [0.29, 0.717) is 0 Å². The molecule has 4 aromatic carbocycles. The Hall–Kier alpha value is -1.89. The van der Waals surface area contributed by atoms with Crippen molar-refractivity contribution in [2.75, 3.05) is 4.90 Å². The van der Waals surface area contributed by atoms with E-state index in [0.717, 1.165) is 14.8 Å². The number of anilines is 2. The van der Waals surface area contributed by atoms with Gasteiger partial charge in [-0.1, -0.05) is 0 Å². The van der Waals surface area contributed by atoms with E-state index in [-0.39, 0.29) is 0 Å². The van der Waals surface area contributed by atoms with E-state index >= 15 is 0 Å². The maximum absolute atomic E-state index is 3.15. The molecule has 1 radical (unpaired) electrons. The van der Waals surface area contributed by atoms with Gasteiger partial charge in [-0.3, -0.25) is 0 Å². The Morgan fingerprint density at radius 3 is 1.46 bits per heavy atom. The van der Waals surface area contributed by atoms with E-state index in [2.05, 4.69) is 121 Å². The Morgan fingerprint density at radius 1 is 0.583 bits per heavy atom. The molecule has 0 aliphatic carbocycles. The molecule has 0 amide bonds. The third kappa shape index (κ3) is 2.70. The molecule has 0 aliphatic heterocycles. The van der Waals surface area contributed by atoms with Crippen molar-refractivity contribution in [1.29, 1.82) is 0 Å². The molecule has 0 unspecified atom stereocenters. The average Bonchev–Trinajstić information content (AvgIpc) is 2.62. The molecule has 4 aromatic rings. The minimum absolute atomic E-state index is 1.00. The van der Waals surface area contributed by atoms with Gasteiger partial charge in [0.2, 0.25) is 0 Å². The summed E-state index contributed by atoms with van der Waals surface area (Å²) in [7, 11) is 0. The fourth-order valence-corrected chi connectivity index (χ4v) is 3.96. The van der Waals surface area contributed by atoms with Crippen LogP contribution in [0.5, 0.6) is 0 Å². The van der Waals surface area contributed by atoms with Gasteiger partial charge in [-0.05, 0) is 0 Å². The quantitative estimate of drug-likeness (QED) is 0.424. The normalized spacial score (nSPS) is 10.8. The Bertz CT molecular complexity index is 966. The molecule has 1 nitrogen and oxygen atoms in total. The van der Waals surface area contributed by atoms with Gasteiger partial charge in [0.1, 0.15) is 0 Å². The zero-order valence-electron chi connectivity index (χ0n) is 12.8. The first kappa shape index (κ1) is 15.6. The summed E-state index contributed by atoms with van der Waals surface area (Å²) in [5.74, 6) is 0. The minimum atomic E-state index is 1.00. The predicted molar refractivity (Wildman–Crippen MR) is 107 cm³/mol. The summed E-state index contributed by atoms with van der Waals surface area (Å²) in [4.78, 5) is 2.25. The Balaban J connectivity index is 2.02. The van der Waals surface area contributed by atoms with Gasteiger partial charge in [-0.15, -0.1) is 0 Å². The van der Waals surface area contributed by atoms with Crippen LogP contribution in [0.15, 0.2) is 84.9 Å². The Morgan fingerprint density at radius 2 is 1.00 bits per heavy atom. The summed E-state index contributed by atoms with van der Waals surface area (Å²) in [5, 5.41) is 4.94. The molecule has 0 atom stereocenters. The first-order chi connectivity index (χ1) is 11.8. The van der Waals surface area contributed by atoms with Gasteiger partial charge < -0.3 is 0 Å². The molecule has 0 saturated heterocycles. The molecule has 4 rings (SSSR count). The predicted octanol–water partition coefficient (Wildman–Crippen LogP) is 4.56. The average molecular weight is 438 g/mol. The SMILES string of the molecule is [Se]C(=[Se])N(c1cccc2ccccc12)c1cccc2ccccc12. The van der Waals surface area contributed by atoms with Crippen molar-refractivity contribution in [2.45, 2.75) is 0 Å². The molecular formula is C21H14NSe2. The second-order valence-electron chi connectivity index (χ2n) is 5.60. The fraction of sp³-hybridized carbons (Fsp3) is 0. The van der Waals surface area contributed by atoms with Gasteiger partial charge in [-0.2, -0.15) is 0 Å². The molecule has 115 valence electrons. The molecule has 24 heavy (non-hydrogen) atoms. The monoisotopic (exact) mass is 440 g/mol. The Labute approximate surface area is 157 Å². The van der Waals surface area contributed by atoms with Crippen molar-refractivity contribution in [2.24, 2.45) is 0 Å². The van der Waals surface area contributed by atoms with Crippen LogP contribution >= 0.6 is 0 Å². The van der Waals surface area contributed by atoms with Crippen LogP contribution in [0.25, 0.3) is 21.5 Å². The Kier molecular flexibility index (Phi) is 4.26. The van der Waals surface area contributed by atoms with Crippen molar-refractivity contribution in [3.05, 3.63) is 84.9 Å². The number of benzene rings is 4. The van der Waals surface area contributed by atoms with Gasteiger partial charge in [0.25, 0.3) is 0 Å². The molecule has 0 bridgehead atoms. The van der Waals surface area contributed by atoms with Crippen LogP contribution in [-0.4, -0.2) is 35.0 Å². The van der Waals surface area contributed by atoms with Gasteiger partial charge in [0, 0.05) is 0 Å². The first-order valence-corrected chi connectivity index (χ1v) is 9.43. The van der Waals surface area contributed by atoms with Gasteiger partial charge in [0.05, 0.1) is 0 Å². The molecule has 0 heterocycles. The number of nitrogens with zero attached hydrogens (tertiary/aromatic N) is 1. The molecule has 0 fully saturated rings. The molecular weight excluding hydrogens is 424 g/mol. The summed E-state index contributed by atoms with van der Waals surface area (Å²) in [6, 6.07) is 29.8. The van der Waals surface area contributed by atoms with Gasteiger partial charge >= 0.3 is 158 Å². The molecule has 0 saturated carbocycles. The van der Waals surface area contributed by atoms with Gasteiger partial charge in [0.15, 0.2) is 0 Å². The van der Waals surface area contributed by atoms with Crippen LogP contribution in [0.4, 0.5) is 11.4 Å². The topological polar surface area (TPSA) is 3.24 Å². The molecule has 3 heteroatoms. The molecule has 0 aliphatic rings. The maximum atomic E-state index is 3.15. The summed E-state index contributed by atoms with van der Waals surface area (Å²) in [6.07, 6.45) is 0. The molecule has 0 N–H and O–H groups in total. The fourth-order valence-electron chi connectivity index (χ4n) is 3.13. The van der Waals surface area contributed by atoms with E-state index in [1.807, 2.05) is 0 Å². The van der Waals surface area contributed by atoms with Crippen LogP contribution in [0.3, 0.4) is 0 Å². The van der Waals surface area contributed by atoms with Crippen LogP contribution in [0.1, 0.15) is 0 Å². The van der Waals surface area contributed by atoms with Crippen LogP contribution in [0.2, 0.25) is 0 Å². The van der Waals surface area contributed by atoms with E-state index in [9.17, 15) is 0 Å². The van der Waals surface area contributed by atoms with Crippen molar-refractivity contribution in [3.8, 4) is 0 Å². The standard InChI is InChI=1S/C21H14NSe2/c23-21(24)22(19-13-5-9-15-7-1-3-11-17(15)19)20-14-6-10-16-8-2-4-12-18(16)20/h1-14H. The van der Waals surface area contributed by atoms with Crippen molar-refractivity contribution < 1.29 is 0 Å². The number of hydrogen-bond donors (Lipinski definition) is 0. The zero-order chi connectivity index (χ0) is 16.5. The van der Waals surface area contributed by atoms with Crippen LogP contribution < -0.4 is 4.90 Å². The first-order valence-electron chi connectivity index (χ1n) is 7.72. The van der Waals surface area contributed by atoms with Crippen molar-refractivity contribution in [3.63, 3.8) is 0 Å². The third-order valence-corrected chi connectivity index (χ3v) is 4.96. The zero-order valence-corrected chi connectivity index (χ0v) is 16.3. The van der Waals surface area contributed by atoms with E-state index in [1.165, 1.54) is 21.5 Å². The molecule has 0 spiro atoms. The summed E-state index contributed by atoms with van der Waals surface area (Å²) in [6.45, 7) is 0. The number of rotatable bonds is 3. The number of hydrogen-bond acceptors (Lipinski definition) is 1. The van der Waals surface area contributed by atoms with E-state index in [1.54, 1.807) is 0 Å². The summed E-state index contributed by atoms with van der Waals surface area (Å²) in [5.41, 5.74) is 2.33. The summed E-state index contributed by atoms with van der Waals surface area (Å²) < 4.78 is 1.00. The van der Waals surface area contributed by atoms with Crippen LogP contribution in [0, 0.1) is 0 Å². The second-order valence-corrected chi connectivity index (χ2v) is 8.53. The van der Waals surface area contributed by atoms with Gasteiger partial charge in [-0.25, -0.2) is 0 Å². The summed E-state index contributed by atoms with van der Waals surface area (Å²) >= 11 is 6.31. The number of fused-ring (bicyclic) bond motifs is 2. The second kappa shape index (κ2) is 6.55. The van der Waals surface area contributed by atoms with Crippen molar-refractivity contribution in [1.82, 2.24) is 0 Å². The third-order valence-electron chi connectivity index (χ3n) is 4.20. The van der Waals surface area contributed by atoms with Crippen LogP contribution in [-0.2, 0) is 0 Å². The van der Waals surface area contributed by atoms with E-state index in [4.69, 9.17) is 0 Å². The van der Waals surface area contributed by atoms with E-state index < -0.39 is 0 Å². The molecule has 0 aromatic heterocycles. The van der Waals surface area contributed by atoms with Crippen molar-refractivity contribution >= 4 is 67.9 Å².